The Morgan fingerprint density at radius 2 is 1.02 bits per heavy atom. The molecule has 1 aliphatic rings. The van der Waals surface area contributed by atoms with E-state index >= 15 is 0 Å². The minimum absolute atomic E-state index is 0.949. The van der Waals surface area contributed by atoms with Gasteiger partial charge in [-0.15, -0.1) is 0 Å². The van der Waals surface area contributed by atoms with Gasteiger partial charge < -0.3 is 0 Å². The van der Waals surface area contributed by atoms with E-state index in [1.807, 2.05) is 36.4 Å². The van der Waals surface area contributed by atoms with E-state index in [1.165, 1.54) is 31.4 Å². The molecule has 0 saturated heterocycles. The van der Waals surface area contributed by atoms with Gasteiger partial charge in [0.25, 0.3) is 0 Å². The molecule has 0 saturated carbocycles. The van der Waals surface area contributed by atoms with E-state index in [9.17, 15) is 0 Å². The van der Waals surface area contributed by atoms with Crippen LogP contribution >= 0.6 is 22.6 Å². The van der Waals surface area contributed by atoms with Crippen LogP contribution in [0.3, 0.4) is 0 Å². The van der Waals surface area contributed by atoms with Crippen LogP contribution in [0.25, 0.3) is 50.3 Å². The Balaban J connectivity index is 0.000000114. The standard InChI is InChI=1S/C19H13N3.C14H10N2.C6H5I/c1-2-8-14(9-3-1)21-17-12-6-7-13-18(17)22-16-11-5-4-10-15(16)20-19(21)22;1-3-7-12-10(5-1)9-14-15-11-6-2-4-8-13(11)16(12)14;7-6-4-2-1-3-5-6/h1-13H;1-8H,9H2;1-5H. The summed E-state index contributed by atoms with van der Waals surface area (Å²) in [6.07, 6.45) is 0.949. The number of aromatic nitrogens is 5. The number of halogens is 1. The Hall–Kier alpha value is -5.21. The molecule has 4 heterocycles. The predicted molar refractivity (Wildman–Crippen MR) is 193 cm³/mol. The Labute approximate surface area is 274 Å². The highest BCUT2D eigenvalue weighted by Gasteiger charge is 2.21. The molecule has 10 rings (SSSR count). The van der Waals surface area contributed by atoms with Crippen molar-refractivity contribution in [3.63, 3.8) is 0 Å². The number of hydrogen-bond donors (Lipinski definition) is 0. The first-order valence-corrected chi connectivity index (χ1v) is 16.0. The number of fused-ring (bicyclic) bond motifs is 10. The maximum atomic E-state index is 4.85. The smallest absolute Gasteiger partial charge is 0.220 e. The molecule has 3 aromatic heterocycles. The summed E-state index contributed by atoms with van der Waals surface area (Å²) in [5, 5.41) is 0. The normalized spacial score (nSPS) is 11.6. The van der Waals surface area contributed by atoms with Crippen LogP contribution in [0.5, 0.6) is 0 Å². The average Bonchev–Trinajstić information content (AvgIpc) is 3.83. The lowest BCUT2D eigenvalue weighted by atomic mass is 10.1. The van der Waals surface area contributed by atoms with Crippen LogP contribution in [-0.2, 0) is 6.42 Å². The SMILES string of the molecule is Ic1ccccc1.c1ccc(-n2c3ccccc3n3c4ccccc4nc23)cc1.c1ccc2c(c1)Cc1nc3ccccc3n1-2. The largest absolute Gasteiger partial charge is 0.296 e. The Morgan fingerprint density at radius 1 is 0.467 bits per heavy atom. The molecule has 0 spiro atoms. The number of imidazole rings is 3. The minimum Gasteiger partial charge on any atom is -0.296 e. The highest BCUT2D eigenvalue weighted by molar-refractivity contribution is 14.1. The monoisotopic (exact) mass is 693 g/mol. The van der Waals surface area contributed by atoms with Crippen molar-refractivity contribution in [2.24, 2.45) is 0 Å². The van der Waals surface area contributed by atoms with Crippen molar-refractivity contribution < 1.29 is 0 Å². The number of nitrogens with zero attached hydrogens (tertiary/aromatic N) is 5. The van der Waals surface area contributed by atoms with Crippen LogP contribution in [0.1, 0.15) is 11.4 Å². The predicted octanol–water partition coefficient (Wildman–Crippen LogP) is 9.65. The van der Waals surface area contributed by atoms with Crippen molar-refractivity contribution in [1.82, 2.24) is 23.5 Å². The molecule has 45 heavy (non-hydrogen) atoms. The maximum absolute atomic E-state index is 4.85. The van der Waals surface area contributed by atoms with E-state index in [-0.39, 0.29) is 0 Å². The highest BCUT2D eigenvalue weighted by atomic mass is 127. The molecule has 216 valence electrons. The van der Waals surface area contributed by atoms with Crippen LogP contribution < -0.4 is 0 Å². The van der Waals surface area contributed by atoms with Crippen LogP contribution in [-0.4, -0.2) is 23.5 Å². The maximum Gasteiger partial charge on any atom is 0.220 e. The molecule has 0 unspecified atom stereocenters. The van der Waals surface area contributed by atoms with Crippen LogP contribution in [0, 0.1) is 3.57 Å². The second-order valence-electron chi connectivity index (χ2n) is 10.8. The van der Waals surface area contributed by atoms with Crippen molar-refractivity contribution in [3.8, 4) is 11.4 Å². The third kappa shape index (κ3) is 4.97. The summed E-state index contributed by atoms with van der Waals surface area (Å²) in [6, 6.07) is 54.2. The van der Waals surface area contributed by atoms with Gasteiger partial charge in [0.15, 0.2) is 0 Å². The molecular formula is C39H28IN5. The third-order valence-electron chi connectivity index (χ3n) is 8.07. The van der Waals surface area contributed by atoms with Crippen LogP contribution in [0.15, 0.2) is 158 Å². The van der Waals surface area contributed by atoms with Crippen molar-refractivity contribution in [1.29, 1.82) is 0 Å². The molecule has 5 nitrogen and oxygen atoms in total. The van der Waals surface area contributed by atoms with Crippen LogP contribution in [0.2, 0.25) is 0 Å². The van der Waals surface area contributed by atoms with Gasteiger partial charge in [-0.1, -0.05) is 91.0 Å². The van der Waals surface area contributed by atoms with Gasteiger partial charge in [-0.05, 0) is 94.9 Å². The molecule has 0 N–H and O–H groups in total. The van der Waals surface area contributed by atoms with Crippen LogP contribution in [0.4, 0.5) is 0 Å². The lowest BCUT2D eigenvalue weighted by molar-refractivity contribution is 1.02. The highest BCUT2D eigenvalue weighted by Crippen LogP contribution is 2.31. The first-order chi connectivity index (χ1) is 22.3. The number of benzene rings is 6. The Morgan fingerprint density at radius 3 is 1.73 bits per heavy atom. The molecular weight excluding hydrogens is 665 g/mol. The van der Waals surface area contributed by atoms with Gasteiger partial charge in [0.1, 0.15) is 5.82 Å². The summed E-state index contributed by atoms with van der Waals surface area (Å²) in [6.45, 7) is 0. The zero-order chi connectivity index (χ0) is 30.2. The second-order valence-corrected chi connectivity index (χ2v) is 12.1. The van der Waals surface area contributed by atoms with E-state index in [1.54, 1.807) is 0 Å². The van der Waals surface area contributed by atoms with Crippen molar-refractivity contribution in [2.45, 2.75) is 6.42 Å². The fourth-order valence-corrected chi connectivity index (χ4v) is 6.52. The summed E-state index contributed by atoms with van der Waals surface area (Å²) in [5.74, 6) is 2.11. The summed E-state index contributed by atoms with van der Waals surface area (Å²) < 4.78 is 8.01. The Kier molecular flexibility index (Phi) is 7.11. The molecule has 6 heteroatoms. The lowest BCUT2D eigenvalue weighted by Gasteiger charge is -2.04. The van der Waals surface area contributed by atoms with Crippen molar-refractivity contribution in [3.05, 3.63) is 173 Å². The quantitative estimate of drug-likeness (QED) is 0.161. The summed E-state index contributed by atoms with van der Waals surface area (Å²) in [4.78, 5) is 9.53. The second kappa shape index (κ2) is 11.7. The van der Waals surface area contributed by atoms with Gasteiger partial charge in [-0.2, -0.15) is 0 Å². The van der Waals surface area contributed by atoms with Gasteiger partial charge in [-0.3, -0.25) is 13.5 Å². The molecule has 0 fully saturated rings. The minimum atomic E-state index is 0.949. The zero-order valence-corrected chi connectivity index (χ0v) is 26.5. The van der Waals surface area contributed by atoms with E-state index in [0.29, 0.717) is 0 Å². The van der Waals surface area contributed by atoms with E-state index < -0.39 is 0 Å². The van der Waals surface area contributed by atoms with Gasteiger partial charge in [-0.25, -0.2) is 9.97 Å². The van der Waals surface area contributed by atoms with E-state index in [2.05, 4.69) is 162 Å². The Bertz CT molecular complexity index is 2420. The van der Waals surface area contributed by atoms with E-state index in [0.717, 1.165) is 40.3 Å². The molecule has 0 atom stereocenters. The van der Waals surface area contributed by atoms with Gasteiger partial charge in [0, 0.05) is 15.7 Å². The van der Waals surface area contributed by atoms with Crippen molar-refractivity contribution >= 4 is 61.5 Å². The molecule has 9 aromatic rings. The fourth-order valence-electron chi connectivity index (χ4n) is 6.11. The molecule has 6 aromatic carbocycles. The summed E-state index contributed by atoms with van der Waals surface area (Å²) in [5.41, 5.74) is 10.6. The average molecular weight is 694 g/mol. The third-order valence-corrected chi connectivity index (χ3v) is 8.78. The van der Waals surface area contributed by atoms with Crippen molar-refractivity contribution in [2.75, 3.05) is 0 Å². The van der Waals surface area contributed by atoms with E-state index in [4.69, 9.17) is 4.98 Å². The molecule has 0 aliphatic carbocycles. The van der Waals surface area contributed by atoms with Gasteiger partial charge in [0.2, 0.25) is 5.78 Å². The molecule has 0 radical (unpaired) electrons. The molecule has 0 bridgehead atoms. The number of hydrogen-bond acceptors (Lipinski definition) is 2. The first-order valence-electron chi connectivity index (χ1n) is 14.9. The lowest BCUT2D eigenvalue weighted by Crippen LogP contribution is -1.94. The number of para-hydroxylation sites is 8. The fraction of sp³-hybridized carbons (Fsp3) is 0.0256. The first kappa shape index (κ1) is 27.3. The molecule has 1 aliphatic heterocycles. The van der Waals surface area contributed by atoms with Gasteiger partial charge >= 0.3 is 0 Å². The summed E-state index contributed by atoms with van der Waals surface area (Å²) >= 11 is 2.28. The molecule has 0 amide bonds. The topological polar surface area (TPSA) is 40.1 Å². The summed E-state index contributed by atoms with van der Waals surface area (Å²) in [7, 11) is 0. The zero-order valence-electron chi connectivity index (χ0n) is 24.3. The van der Waals surface area contributed by atoms with Gasteiger partial charge in [0.05, 0.1) is 38.8 Å². The number of rotatable bonds is 1.